The average Bonchev–Trinajstić information content (AvgIpc) is 3.37. The van der Waals surface area contributed by atoms with Crippen LogP contribution in [0.1, 0.15) is 37.1 Å². The Labute approximate surface area is 191 Å². The van der Waals surface area contributed by atoms with Crippen molar-refractivity contribution in [2.45, 2.75) is 45.3 Å². The normalized spacial score (nSPS) is 15.6. The summed E-state index contributed by atoms with van der Waals surface area (Å²) in [6.07, 6.45) is 6.88. The number of para-hydroxylation sites is 1. The molecule has 1 aliphatic heterocycles. The van der Waals surface area contributed by atoms with Gasteiger partial charge in [0, 0.05) is 43.5 Å². The maximum Gasteiger partial charge on any atom is 0.199 e. The van der Waals surface area contributed by atoms with Gasteiger partial charge in [-0.2, -0.15) is 5.10 Å². The number of fused-ring (bicyclic) bond motifs is 1. The Morgan fingerprint density at radius 2 is 1.87 bits per heavy atom. The fourth-order valence-corrected chi connectivity index (χ4v) is 5.66. The maximum absolute atomic E-state index is 5.80. The van der Waals surface area contributed by atoms with E-state index in [0.717, 1.165) is 67.2 Å². The van der Waals surface area contributed by atoms with Crippen LogP contribution in [0.5, 0.6) is 0 Å². The number of hydrogen-bond donors (Lipinski definition) is 0. The molecule has 6 nitrogen and oxygen atoms in total. The van der Waals surface area contributed by atoms with Gasteiger partial charge in [-0.05, 0) is 55.7 Å². The number of hydrogen-bond acceptors (Lipinski definition) is 6. The van der Waals surface area contributed by atoms with Gasteiger partial charge < -0.3 is 0 Å². The molecule has 160 valence electrons. The largest absolute Gasteiger partial charge is 0.300 e. The Bertz CT molecular complexity index is 1180. The summed E-state index contributed by atoms with van der Waals surface area (Å²) >= 11 is 7.64. The van der Waals surface area contributed by atoms with Crippen molar-refractivity contribution >= 4 is 33.8 Å². The van der Waals surface area contributed by atoms with Crippen molar-refractivity contribution in [3.05, 3.63) is 58.6 Å². The number of piperidine rings is 1. The average molecular weight is 451 g/mol. The molecule has 0 aliphatic carbocycles. The SMILES string of the molecule is CCCn1c(-c2ccncc2)nn(CN2CCC(c3nc4ccccc4s3)CC2)c1=S. The molecule has 0 N–H and O–H groups in total. The Morgan fingerprint density at radius 3 is 2.61 bits per heavy atom. The summed E-state index contributed by atoms with van der Waals surface area (Å²) in [6, 6.07) is 12.4. The third-order valence-corrected chi connectivity index (χ3v) is 7.52. The second kappa shape index (κ2) is 8.98. The minimum Gasteiger partial charge on any atom is -0.300 e. The molecular formula is C23H26N6S2. The van der Waals surface area contributed by atoms with Gasteiger partial charge in [-0.1, -0.05) is 19.1 Å². The van der Waals surface area contributed by atoms with Crippen LogP contribution < -0.4 is 0 Å². The van der Waals surface area contributed by atoms with Crippen LogP contribution in [0.4, 0.5) is 0 Å². The Morgan fingerprint density at radius 1 is 1.10 bits per heavy atom. The number of benzene rings is 1. The summed E-state index contributed by atoms with van der Waals surface area (Å²) in [5, 5.41) is 6.18. The van der Waals surface area contributed by atoms with Gasteiger partial charge in [-0.3, -0.25) is 14.5 Å². The monoisotopic (exact) mass is 450 g/mol. The molecule has 1 saturated heterocycles. The molecule has 0 atom stereocenters. The Kier molecular flexibility index (Phi) is 5.93. The molecule has 0 amide bonds. The number of likely N-dealkylation sites (tertiary alicyclic amines) is 1. The summed E-state index contributed by atoms with van der Waals surface area (Å²) < 4.78 is 6.22. The van der Waals surface area contributed by atoms with Gasteiger partial charge in [0.15, 0.2) is 10.6 Å². The van der Waals surface area contributed by atoms with Crippen molar-refractivity contribution in [1.82, 2.24) is 29.2 Å². The molecular weight excluding hydrogens is 424 g/mol. The van der Waals surface area contributed by atoms with Crippen molar-refractivity contribution in [3.8, 4) is 11.4 Å². The third kappa shape index (κ3) is 4.20. The highest BCUT2D eigenvalue weighted by Gasteiger charge is 2.24. The molecule has 3 aromatic heterocycles. The molecule has 0 spiro atoms. The van der Waals surface area contributed by atoms with E-state index >= 15 is 0 Å². The summed E-state index contributed by atoms with van der Waals surface area (Å²) in [5.41, 5.74) is 2.18. The number of rotatable bonds is 6. The fraction of sp³-hybridized carbons (Fsp3) is 0.391. The Balaban J connectivity index is 1.30. The summed E-state index contributed by atoms with van der Waals surface area (Å²) in [5.74, 6) is 1.48. The summed E-state index contributed by atoms with van der Waals surface area (Å²) in [6.45, 7) is 5.85. The van der Waals surface area contributed by atoms with Crippen LogP contribution in [0.15, 0.2) is 48.8 Å². The van der Waals surface area contributed by atoms with Crippen LogP contribution in [0.25, 0.3) is 21.6 Å². The van der Waals surface area contributed by atoms with E-state index in [-0.39, 0.29) is 0 Å². The molecule has 8 heteroatoms. The van der Waals surface area contributed by atoms with Crippen LogP contribution in [0, 0.1) is 4.77 Å². The number of nitrogens with zero attached hydrogens (tertiary/aromatic N) is 6. The minimum atomic E-state index is 0.548. The highest BCUT2D eigenvalue weighted by atomic mass is 32.1. The van der Waals surface area contributed by atoms with Crippen molar-refractivity contribution in [3.63, 3.8) is 0 Å². The predicted molar refractivity (Wildman–Crippen MR) is 128 cm³/mol. The van der Waals surface area contributed by atoms with E-state index in [1.807, 2.05) is 28.2 Å². The van der Waals surface area contributed by atoms with Crippen molar-refractivity contribution in [2.75, 3.05) is 13.1 Å². The van der Waals surface area contributed by atoms with Gasteiger partial charge in [0.2, 0.25) is 0 Å². The molecule has 5 rings (SSSR count). The zero-order valence-corrected chi connectivity index (χ0v) is 19.3. The third-order valence-electron chi connectivity index (χ3n) is 5.89. The van der Waals surface area contributed by atoms with Crippen LogP contribution in [-0.4, -0.2) is 42.3 Å². The lowest BCUT2D eigenvalue weighted by molar-refractivity contribution is 0.160. The van der Waals surface area contributed by atoms with E-state index in [4.69, 9.17) is 22.3 Å². The summed E-state index contributed by atoms with van der Waals surface area (Å²) in [4.78, 5) is 11.5. The summed E-state index contributed by atoms with van der Waals surface area (Å²) in [7, 11) is 0. The van der Waals surface area contributed by atoms with Gasteiger partial charge >= 0.3 is 0 Å². The lowest BCUT2D eigenvalue weighted by Gasteiger charge is -2.30. The first-order valence-corrected chi connectivity index (χ1v) is 12.1. The van der Waals surface area contributed by atoms with Crippen LogP contribution in [0.2, 0.25) is 0 Å². The van der Waals surface area contributed by atoms with Gasteiger partial charge in [0.25, 0.3) is 0 Å². The van der Waals surface area contributed by atoms with Gasteiger partial charge in [-0.15, -0.1) is 11.3 Å². The molecule has 1 aromatic carbocycles. The minimum absolute atomic E-state index is 0.548. The Hall–Kier alpha value is -2.42. The second-order valence-corrected chi connectivity index (χ2v) is 9.47. The molecule has 1 fully saturated rings. The van der Waals surface area contributed by atoms with Gasteiger partial charge in [0.1, 0.15) is 0 Å². The molecule has 4 aromatic rings. The smallest absolute Gasteiger partial charge is 0.199 e. The van der Waals surface area contributed by atoms with Crippen molar-refractivity contribution in [2.24, 2.45) is 0 Å². The molecule has 0 unspecified atom stereocenters. The topological polar surface area (TPSA) is 51.8 Å². The highest BCUT2D eigenvalue weighted by molar-refractivity contribution is 7.71. The van der Waals surface area contributed by atoms with E-state index < -0.39 is 0 Å². The zero-order chi connectivity index (χ0) is 21.2. The fourth-order valence-electron chi connectivity index (χ4n) is 4.25. The number of aromatic nitrogens is 5. The first-order valence-electron chi connectivity index (χ1n) is 10.9. The highest BCUT2D eigenvalue weighted by Crippen LogP contribution is 2.34. The van der Waals surface area contributed by atoms with E-state index in [1.165, 1.54) is 9.71 Å². The zero-order valence-electron chi connectivity index (χ0n) is 17.6. The van der Waals surface area contributed by atoms with E-state index in [9.17, 15) is 0 Å². The van der Waals surface area contributed by atoms with E-state index in [1.54, 1.807) is 12.4 Å². The molecule has 4 heterocycles. The quantitative estimate of drug-likeness (QED) is 0.372. The standard InChI is InChI=1S/C23H26N6S2/c1-2-13-28-21(17-7-11-24-12-8-17)26-29(23(28)30)16-27-14-9-18(10-15-27)22-25-19-5-3-4-6-20(19)31-22/h3-8,11-12,18H,2,9-10,13-16H2,1H3. The van der Waals surface area contributed by atoms with Gasteiger partial charge in [-0.25, -0.2) is 9.67 Å². The van der Waals surface area contributed by atoms with E-state index in [2.05, 4.69) is 45.6 Å². The number of pyridine rings is 1. The maximum atomic E-state index is 5.80. The molecule has 0 bridgehead atoms. The number of thiazole rings is 1. The van der Waals surface area contributed by atoms with E-state index in [0.29, 0.717) is 5.92 Å². The predicted octanol–water partition coefficient (Wildman–Crippen LogP) is 5.33. The van der Waals surface area contributed by atoms with Crippen molar-refractivity contribution < 1.29 is 0 Å². The van der Waals surface area contributed by atoms with Crippen LogP contribution >= 0.6 is 23.6 Å². The van der Waals surface area contributed by atoms with Crippen LogP contribution in [0.3, 0.4) is 0 Å². The molecule has 1 aliphatic rings. The molecule has 31 heavy (non-hydrogen) atoms. The molecule has 0 saturated carbocycles. The lowest BCUT2D eigenvalue weighted by Crippen LogP contribution is -2.34. The first kappa shape index (κ1) is 20.5. The lowest BCUT2D eigenvalue weighted by atomic mass is 9.98. The first-order chi connectivity index (χ1) is 15.2. The molecule has 0 radical (unpaired) electrons. The van der Waals surface area contributed by atoms with Gasteiger partial charge in [0.05, 0.1) is 21.9 Å². The second-order valence-electron chi connectivity index (χ2n) is 8.05. The van der Waals surface area contributed by atoms with Crippen molar-refractivity contribution in [1.29, 1.82) is 0 Å². The van der Waals surface area contributed by atoms with Crippen LogP contribution in [-0.2, 0) is 13.2 Å².